The lowest BCUT2D eigenvalue weighted by atomic mass is 10.2. The molecule has 2 aromatic rings. The molecule has 0 spiro atoms. The molecule has 0 aliphatic rings. The van der Waals surface area contributed by atoms with Crippen molar-refractivity contribution in [1.29, 1.82) is 0 Å². The van der Waals surface area contributed by atoms with Gasteiger partial charge in [0, 0.05) is 5.39 Å². The Morgan fingerprint density at radius 1 is 1.40 bits per heavy atom. The third kappa shape index (κ3) is 2.61. The van der Waals surface area contributed by atoms with Gasteiger partial charge in [-0.05, 0) is 47.2 Å². The van der Waals surface area contributed by atoms with Crippen molar-refractivity contribution in [3.63, 3.8) is 0 Å². The molecule has 1 aromatic heterocycles. The number of aromatic nitrogens is 2. The third-order valence-electron chi connectivity index (χ3n) is 1.93. The lowest BCUT2D eigenvalue weighted by molar-refractivity contribution is 0.476. The van der Waals surface area contributed by atoms with Gasteiger partial charge >= 0.3 is 0 Å². The van der Waals surface area contributed by atoms with Crippen molar-refractivity contribution in [2.75, 3.05) is 0 Å². The number of aromatic hydroxyl groups is 1. The topological polar surface area (TPSA) is 38.0 Å². The smallest absolute Gasteiger partial charge is 0.116 e. The van der Waals surface area contributed by atoms with Gasteiger partial charge in [-0.15, -0.1) is 0 Å². The molecular formula is C10H14IN2OP. The molecule has 82 valence electrons. The van der Waals surface area contributed by atoms with E-state index in [1.807, 2.05) is 31.3 Å². The van der Waals surface area contributed by atoms with Gasteiger partial charge in [-0.25, -0.2) is 4.45 Å². The molecule has 2 rings (SSSR count). The van der Waals surface area contributed by atoms with Crippen molar-refractivity contribution in [2.24, 2.45) is 0 Å². The molecule has 0 amide bonds. The highest BCUT2D eigenvalue weighted by molar-refractivity contribution is 14.2. The van der Waals surface area contributed by atoms with Gasteiger partial charge in [0.1, 0.15) is 5.75 Å². The SMILES string of the molecule is CC.Cc1nn(PI)c2ccc(O)cc12. The maximum Gasteiger partial charge on any atom is 0.116 e. The van der Waals surface area contributed by atoms with Gasteiger partial charge in [0.2, 0.25) is 0 Å². The zero-order valence-electron chi connectivity index (χ0n) is 8.95. The van der Waals surface area contributed by atoms with E-state index in [-0.39, 0.29) is 0 Å². The van der Waals surface area contributed by atoms with Gasteiger partial charge in [-0.2, -0.15) is 5.10 Å². The molecule has 1 N–H and O–H groups in total. The van der Waals surface area contributed by atoms with Crippen LogP contribution in [0.2, 0.25) is 0 Å². The van der Waals surface area contributed by atoms with Crippen LogP contribution >= 0.6 is 28.4 Å². The number of benzene rings is 1. The Morgan fingerprint density at radius 3 is 2.67 bits per heavy atom. The number of hydrogen-bond donors (Lipinski definition) is 1. The molecule has 3 nitrogen and oxygen atoms in total. The Balaban J connectivity index is 0.000000531. The number of nitrogens with zero attached hydrogens (tertiary/aromatic N) is 2. The van der Waals surface area contributed by atoms with E-state index in [0.717, 1.165) is 16.6 Å². The Hall–Kier alpha value is -0.350. The fourth-order valence-electron chi connectivity index (χ4n) is 1.32. The summed E-state index contributed by atoms with van der Waals surface area (Å²) in [5.74, 6) is 0.298. The normalized spacial score (nSPS) is 10.7. The van der Waals surface area contributed by atoms with Crippen molar-refractivity contribution >= 4 is 39.3 Å². The number of halogens is 1. The van der Waals surface area contributed by atoms with Gasteiger partial charge in [0.15, 0.2) is 0 Å². The predicted octanol–water partition coefficient (Wildman–Crippen LogP) is 3.87. The molecule has 5 heteroatoms. The first-order valence-electron chi connectivity index (χ1n) is 4.77. The monoisotopic (exact) mass is 336 g/mol. The third-order valence-corrected chi connectivity index (χ3v) is 3.80. The summed E-state index contributed by atoms with van der Waals surface area (Å²) in [5.41, 5.74) is 2.05. The molecular weight excluding hydrogens is 322 g/mol. The summed E-state index contributed by atoms with van der Waals surface area (Å²) in [7, 11) is 0. The fraction of sp³-hybridized carbons (Fsp3) is 0.300. The summed E-state index contributed by atoms with van der Waals surface area (Å²) in [4.78, 5) is 0. The Morgan fingerprint density at radius 2 is 2.07 bits per heavy atom. The predicted molar refractivity (Wildman–Crippen MR) is 75.2 cm³/mol. The van der Waals surface area contributed by atoms with E-state index < -0.39 is 0 Å². The minimum absolute atomic E-state index is 0.298. The molecule has 1 unspecified atom stereocenters. The van der Waals surface area contributed by atoms with Crippen LogP contribution in [0.5, 0.6) is 5.75 Å². The second kappa shape index (κ2) is 5.66. The van der Waals surface area contributed by atoms with Gasteiger partial charge in [0.25, 0.3) is 0 Å². The minimum atomic E-state index is 0.298. The molecule has 1 atom stereocenters. The number of phenols is 1. The number of phenolic OH excluding ortho intramolecular Hbond substituents is 1. The van der Waals surface area contributed by atoms with Crippen LogP contribution in [-0.2, 0) is 0 Å². The molecule has 0 aliphatic heterocycles. The van der Waals surface area contributed by atoms with Gasteiger partial charge in [-0.1, -0.05) is 13.8 Å². The van der Waals surface area contributed by atoms with Crippen LogP contribution in [-0.4, -0.2) is 14.7 Å². The standard InChI is InChI=1S/C8H8IN2OP.C2H6/c1-5-7-4-6(12)2-3-8(7)11(10-5)13-9;1-2/h2-4,12-13H,1H3;1-2H3. The Kier molecular flexibility index (Phi) is 4.80. The maximum absolute atomic E-state index is 9.30. The lowest BCUT2D eigenvalue weighted by Gasteiger charge is -1.96. The zero-order chi connectivity index (χ0) is 11.4. The molecule has 0 saturated carbocycles. The molecule has 0 saturated heterocycles. The van der Waals surface area contributed by atoms with Crippen molar-refractivity contribution in [1.82, 2.24) is 9.55 Å². The zero-order valence-corrected chi connectivity index (χ0v) is 12.1. The summed E-state index contributed by atoms with van der Waals surface area (Å²) >= 11 is 2.29. The fourth-order valence-corrected chi connectivity index (χ4v) is 2.90. The van der Waals surface area contributed by atoms with Crippen LogP contribution in [0.4, 0.5) is 0 Å². The highest BCUT2D eigenvalue weighted by Crippen LogP contribution is 2.31. The summed E-state index contributed by atoms with van der Waals surface area (Å²) in [6.07, 6.45) is 0.595. The second-order valence-corrected chi connectivity index (χ2v) is 4.82. The number of rotatable bonds is 1. The van der Waals surface area contributed by atoms with Crippen molar-refractivity contribution in [2.45, 2.75) is 20.8 Å². The highest BCUT2D eigenvalue weighted by atomic mass is 127. The molecule has 0 bridgehead atoms. The maximum atomic E-state index is 9.30. The average molecular weight is 336 g/mol. The van der Waals surface area contributed by atoms with E-state index in [2.05, 4.69) is 27.1 Å². The highest BCUT2D eigenvalue weighted by Gasteiger charge is 2.06. The van der Waals surface area contributed by atoms with E-state index in [4.69, 9.17) is 0 Å². The first kappa shape index (κ1) is 12.7. The summed E-state index contributed by atoms with van der Waals surface area (Å²) < 4.78 is 1.95. The molecule has 0 fully saturated rings. The molecule has 0 aliphatic carbocycles. The largest absolute Gasteiger partial charge is 0.508 e. The first-order chi connectivity index (χ1) is 7.22. The Labute approximate surface area is 104 Å². The number of aryl methyl sites for hydroxylation is 1. The van der Waals surface area contributed by atoms with Crippen molar-refractivity contribution in [3.05, 3.63) is 23.9 Å². The van der Waals surface area contributed by atoms with Crippen molar-refractivity contribution in [3.8, 4) is 5.75 Å². The van der Waals surface area contributed by atoms with E-state index in [0.29, 0.717) is 12.1 Å². The summed E-state index contributed by atoms with van der Waals surface area (Å²) in [6, 6.07) is 5.35. The Bertz CT molecular complexity index is 456. The van der Waals surface area contributed by atoms with Crippen LogP contribution in [0, 0.1) is 6.92 Å². The number of fused-ring (bicyclic) bond motifs is 1. The minimum Gasteiger partial charge on any atom is -0.508 e. The van der Waals surface area contributed by atoms with Crippen LogP contribution in [0.1, 0.15) is 19.5 Å². The first-order valence-corrected chi connectivity index (χ1v) is 8.83. The average Bonchev–Trinajstić information content (AvgIpc) is 2.58. The van der Waals surface area contributed by atoms with Crippen LogP contribution in [0.25, 0.3) is 10.9 Å². The van der Waals surface area contributed by atoms with Gasteiger partial charge in [0.05, 0.1) is 17.6 Å². The quantitative estimate of drug-likeness (QED) is 0.634. The van der Waals surface area contributed by atoms with Crippen LogP contribution in [0.15, 0.2) is 18.2 Å². The van der Waals surface area contributed by atoms with Gasteiger partial charge < -0.3 is 5.11 Å². The van der Waals surface area contributed by atoms with Crippen LogP contribution < -0.4 is 0 Å². The number of hydrogen-bond acceptors (Lipinski definition) is 2. The van der Waals surface area contributed by atoms with E-state index in [1.54, 1.807) is 12.1 Å². The summed E-state index contributed by atoms with van der Waals surface area (Å²) in [5, 5.41) is 14.7. The molecule has 1 heterocycles. The molecule has 1 aromatic carbocycles. The molecule has 0 radical (unpaired) electrons. The van der Waals surface area contributed by atoms with Crippen molar-refractivity contribution < 1.29 is 5.11 Å². The van der Waals surface area contributed by atoms with E-state index in [1.165, 1.54) is 0 Å². The van der Waals surface area contributed by atoms with E-state index in [9.17, 15) is 5.11 Å². The molecule has 15 heavy (non-hydrogen) atoms. The van der Waals surface area contributed by atoms with E-state index >= 15 is 0 Å². The van der Waals surface area contributed by atoms with Crippen LogP contribution in [0.3, 0.4) is 0 Å². The van der Waals surface area contributed by atoms with Gasteiger partial charge in [-0.3, -0.25) is 0 Å². The lowest BCUT2D eigenvalue weighted by Crippen LogP contribution is -1.81. The second-order valence-electron chi connectivity index (χ2n) is 2.78. The summed E-state index contributed by atoms with van der Waals surface area (Å²) in [6.45, 7) is 5.95.